The highest BCUT2D eigenvalue weighted by Gasteiger charge is 2.10. The number of sulfonamides is 1. The molecule has 1 aliphatic carbocycles. The summed E-state index contributed by atoms with van der Waals surface area (Å²) in [6.07, 6.45) is 9.31. The predicted octanol–water partition coefficient (Wildman–Crippen LogP) is 2.82. The second-order valence-corrected chi connectivity index (χ2v) is 6.77. The van der Waals surface area contributed by atoms with Crippen LogP contribution in [0.1, 0.15) is 44.9 Å². The molecule has 0 bridgehead atoms. The van der Waals surface area contributed by atoms with Gasteiger partial charge in [0.25, 0.3) is 0 Å². The number of nitrogens with one attached hydrogen (secondary N) is 1. The van der Waals surface area contributed by atoms with Crippen LogP contribution in [0.3, 0.4) is 0 Å². The minimum absolute atomic E-state index is 0.193. The highest BCUT2D eigenvalue weighted by Crippen LogP contribution is 2.19. The van der Waals surface area contributed by atoms with E-state index in [-0.39, 0.29) is 5.75 Å². The lowest BCUT2D eigenvalue weighted by atomic mass is 9.97. The van der Waals surface area contributed by atoms with Crippen molar-refractivity contribution in [2.45, 2.75) is 44.9 Å². The molecule has 0 amide bonds. The molecule has 0 aromatic carbocycles. The van der Waals surface area contributed by atoms with Crippen LogP contribution in [-0.4, -0.2) is 26.6 Å². The number of halogens is 1. The molecule has 5 heteroatoms. The van der Waals surface area contributed by atoms with Gasteiger partial charge in [-0.2, -0.15) is 0 Å². The Morgan fingerprint density at radius 2 is 2.12 bits per heavy atom. The zero-order valence-corrected chi connectivity index (χ0v) is 11.8. The molecule has 0 aliphatic heterocycles. The molecule has 0 spiro atoms. The minimum atomic E-state index is -3.09. The van der Waals surface area contributed by atoms with Gasteiger partial charge in [0.05, 0.1) is 5.75 Å². The second kappa shape index (κ2) is 8.11. The summed E-state index contributed by atoms with van der Waals surface area (Å²) in [5, 5.41) is 0. The minimum Gasteiger partial charge on any atom is -0.215 e. The van der Waals surface area contributed by atoms with Gasteiger partial charge in [0, 0.05) is 12.4 Å². The highest BCUT2D eigenvalue weighted by molar-refractivity contribution is 7.89. The van der Waals surface area contributed by atoms with Crippen molar-refractivity contribution in [3.8, 4) is 0 Å². The Morgan fingerprint density at radius 1 is 1.29 bits per heavy atom. The first-order chi connectivity index (χ1) is 8.14. The molecule has 0 radical (unpaired) electrons. The monoisotopic (exact) mass is 279 g/mol. The summed E-state index contributed by atoms with van der Waals surface area (Å²) in [5.41, 5.74) is 1.40. The van der Waals surface area contributed by atoms with Crippen molar-refractivity contribution in [1.29, 1.82) is 0 Å². The third-order valence-electron chi connectivity index (χ3n) is 2.95. The summed E-state index contributed by atoms with van der Waals surface area (Å²) in [5.74, 6) is 0.723. The third kappa shape index (κ3) is 7.06. The van der Waals surface area contributed by atoms with E-state index in [0.29, 0.717) is 18.8 Å². The summed E-state index contributed by atoms with van der Waals surface area (Å²) in [7, 11) is -3.09. The van der Waals surface area contributed by atoms with E-state index in [4.69, 9.17) is 11.6 Å². The zero-order valence-electron chi connectivity index (χ0n) is 10.3. The van der Waals surface area contributed by atoms with Crippen LogP contribution in [0.15, 0.2) is 11.6 Å². The van der Waals surface area contributed by atoms with E-state index in [1.165, 1.54) is 18.4 Å². The predicted molar refractivity (Wildman–Crippen MR) is 72.9 cm³/mol. The molecule has 0 saturated carbocycles. The molecule has 100 valence electrons. The van der Waals surface area contributed by atoms with Crippen molar-refractivity contribution in [2.75, 3.05) is 18.2 Å². The van der Waals surface area contributed by atoms with Crippen LogP contribution in [0.2, 0.25) is 0 Å². The number of hydrogen-bond donors (Lipinski definition) is 1. The fourth-order valence-electron chi connectivity index (χ4n) is 1.96. The average Bonchev–Trinajstić information content (AvgIpc) is 2.30. The fourth-order valence-corrected chi connectivity index (χ4v) is 3.29. The summed E-state index contributed by atoms with van der Waals surface area (Å²) in [6.45, 7) is 0.537. The van der Waals surface area contributed by atoms with Crippen molar-refractivity contribution in [2.24, 2.45) is 0 Å². The first-order valence-corrected chi connectivity index (χ1v) is 8.54. The molecular formula is C12H22ClNO2S. The maximum Gasteiger partial charge on any atom is 0.211 e. The van der Waals surface area contributed by atoms with Crippen LogP contribution >= 0.6 is 11.6 Å². The Labute approximate surface area is 110 Å². The van der Waals surface area contributed by atoms with Gasteiger partial charge in [-0.05, 0) is 44.9 Å². The normalized spacial score (nSPS) is 16.9. The zero-order chi connectivity index (χ0) is 12.6. The van der Waals surface area contributed by atoms with Gasteiger partial charge in [-0.25, -0.2) is 13.1 Å². The Bertz CT molecular complexity index is 338. The van der Waals surface area contributed by atoms with Crippen LogP contribution in [0, 0.1) is 0 Å². The van der Waals surface area contributed by atoms with Gasteiger partial charge in [0.1, 0.15) is 0 Å². The largest absolute Gasteiger partial charge is 0.215 e. The van der Waals surface area contributed by atoms with Crippen LogP contribution < -0.4 is 4.72 Å². The lowest BCUT2D eigenvalue weighted by Crippen LogP contribution is -2.27. The van der Waals surface area contributed by atoms with Gasteiger partial charge in [-0.3, -0.25) is 0 Å². The lowest BCUT2D eigenvalue weighted by molar-refractivity contribution is 0.576. The molecule has 0 heterocycles. The Balaban J connectivity index is 2.18. The van der Waals surface area contributed by atoms with Crippen molar-refractivity contribution >= 4 is 21.6 Å². The molecule has 0 saturated heterocycles. The number of hydrogen-bond acceptors (Lipinski definition) is 2. The van der Waals surface area contributed by atoms with E-state index < -0.39 is 10.0 Å². The van der Waals surface area contributed by atoms with E-state index in [9.17, 15) is 8.42 Å². The number of alkyl halides is 1. The summed E-state index contributed by atoms with van der Waals surface area (Å²) < 4.78 is 25.8. The maximum atomic E-state index is 11.6. The standard InChI is InChI=1S/C12H22ClNO2S/c13-9-4-5-11-17(15,16)14-10-8-12-6-2-1-3-7-12/h6,14H,1-5,7-11H2. The van der Waals surface area contributed by atoms with Crippen LogP contribution in [-0.2, 0) is 10.0 Å². The maximum absolute atomic E-state index is 11.6. The van der Waals surface area contributed by atoms with Gasteiger partial charge in [0.15, 0.2) is 0 Å². The molecular weight excluding hydrogens is 258 g/mol. The van der Waals surface area contributed by atoms with E-state index in [0.717, 1.165) is 25.7 Å². The van der Waals surface area contributed by atoms with Crippen molar-refractivity contribution in [3.63, 3.8) is 0 Å². The summed E-state index contributed by atoms with van der Waals surface area (Å²) in [4.78, 5) is 0. The van der Waals surface area contributed by atoms with E-state index in [1.807, 2.05) is 0 Å². The third-order valence-corrected chi connectivity index (χ3v) is 4.69. The Kier molecular flexibility index (Phi) is 7.16. The number of allylic oxidation sites excluding steroid dienone is 1. The van der Waals surface area contributed by atoms with Gasteiger partial charge in [-0.15, -0.1) is 11.6 Å². The molecule has 3 nitrogen and oxygen atoms in total. The van der Waals surface area contributed by atoms with Gasteiger partial charge in [-0.1, -0.05) is 11.6 Å². The molecule has 0 aromatic rings. The quantitative estimate of drug-likeness (QED) is 0.422. The molecule has 1 aliphatic rings. The summed E-state index contributed by atoms with van der Waals surface area (Å²) >= 11 is 5.51. The average molecular weight is 280 g/mol. The van der Waals surface area contributed by atoms with Crippen molar-refractivity contribution in [3.05, 3.63) is 11.6 Å². The van der Waals surface area contributed by atoms with Gasteiger partial charge in [0.2, 0.25) is 10.0 Å². The van der Waals surface area contributed by atoms with E-state index in [2.05, 4.69) is 10.8 Å². The first-order valence-electron chi connectivity index (χ1n) is 6.35. The number of rotatable bonds is 8. The Hall–Kier alpha value is -0.0600. The van der Waals surface area contributed by atoms with Crippen molar-refractivity contribution < 1.29 is 8.42 Å². The van der Waals surface area contributed by atoms with Crippen molar-refractivity contribution in [1.82, 2.24) is 4.72 Å². The molecule has 17 heavy (non-hydrogen) atoms. The van der Waals surface area contributed by atoms with Crippen LogP contribution in [0.25, 0.3) is 0 Å². The Morgan fingerprint density at radius 3 is 2.76 bits per heavy atom. The summed E-state index contributed by atoms with van der Waals surface area (Å²) in [6, 6.07) is 0. The van der Waals surface area contributed by atoms with E-state index >= 15 is 0 Å². The smallest absolute Gasteiger partial charge is 0.211 e. The van der Waals surface area contributed by atoms with E-state index in [1.54, 1.807) is 0 Å². The molecule has 1 N–H and O–H groups in total. The van der Waals surface area contributed by atoms with Crippen LogP contribution in [0.4, 0.5) is 0 Å². The fraction of sp³-hybridized carbons (Fsp3) is 0.833. The topological polar surface area (TPSA) is 46.2 Å². The van der Waals surface area contributed by atoms with Crippen LogP contribution in [0.5, 0.6) is 0 Å². The molecule has 1 rings (SSSR count). The SMILES string of the molecule is O=S(=O)(CCCCCl)NCCC1=CCCCC1. The highest BCUT2D eigenvalue weighted by atomic mass is 35.5. The lowest BCUT2D eigenvalue weighted by Gasteiger charge is -2.13. The molecule has 0 atom stereocenters. The molecule has 0 unspecified atom stereocenters. The first kappa shape index (κ1) is 15.0. The molecule has 0 fully saturated rings. The van der Waals surface area contributed by atoms with Gasteiger partial charge >= 0.3 is 0 Å². The van der Waals surface area contributed by atoms with Gasteiger partial charge < -0.3 is 0 Å². The number of unbranched alkanes of at least 4 members (excludes halogenated alkanes) is 1. The second-order valence-electron chi connectivity index (χ2n) is 4.47. The molecule has 0 aromatic heterocycles.